The van der Waals surface area contributed by atoms with E-state index >= 15 is 0 Å². The molecule has 1 atom stereocenters. The summed E-state index contributed by atoms with van der Waals surface area (Å²) in [7, 11) is 0. The first-order chi connectivity index (χ1) is 8.50. The van der Waals surface area contributed by atoms with Gasteiger partial charge in [0.05, 0.1) is 0 Å². The van der Waals surface area contributed by atoms with Crippen molar-refractivity contribution < 1.29 is 0 Å². The summed E-state index contributed by atoms with van der Waals surface area (Å²) in [6.07, 6.45) is 3.60. The van der Waals surface area contributed by atoms with Crippen molar-refractivity contribution in [1.29, 1.82) is 0 Å². The molecule has 1 fully saturated rings. The second kappa shape index (κ2) is 5.88. The van der Waals surface area contributed by atoms with E-state index in [1.165, 1.54) is 35.1 Å². The number of hydrogen-bond donors (Lipinski definition) is 1. The van der Waals surface area contributed by atoms with E-state index in [2.05, 4.69) is 65.6 Å². The number of halogens is 1. The molecule has 100 valence electrons. The van der Waals surface area contributed by atoms with Crippen LogP contribution < -0.4 is 5.73 Å². The highest BCUT2D eigenvalue weighted by atomic mass is 127. The minimum Gasteiger partial charge on any atom is -0.326 e. The fourth-order valence-corrected chi connectivity index (χ4v) is 3.01. The molecule has 0 aliphatic carbocycles. The molecule has 1 aliphatic heterocycles. The number of benzene rings is 1. The normalized spacial score (nSPS) is 19.1. The zero-order chi connectivity index (χ0) is 13.2. The van der Waals surface area contributed by atoms with E-state index < -0.39 is 0 Å². The van der Waals surface area contributed by atoms with Crippen LogP contribution in [0.3, 0.4) is 0 Å². The van der Waals surface area contributed by atoms with Gasteiger partial charge in [-0.2, -0.15) is 0 Å². The fraction of sp³-hybridized carbons (Fsp3) is 0.600. The van der Waals surface area contributed by atoms with Crippen LogP contribution in [0.2, 0.25) is 0 Å². The number of hydrogen-bond acceptors (Lipinski definition) is 2. The Bertz CT molecular complexity index is 380. The van der Waals surface area contributed by atoms with Crippen LogP contribution in [0.5, 0.6) is 0 Å². The van der Waals surface area contributed by atoms with Crippen LogP contribution >= 0.6 is 22.6 Å². The lowest BCUT2D eigenvalue weighted by Gasteiger charge is -2.40. The first-order valence-corrected chi connectivity index (χ1v) is 7.83. The highest BCUT2D eigenvalue weighted by Gasteiger charge is 2.34. The Hall–Kier alpha value is -0.130. The SMILES string of the molecule is CC(C)(C(N)Cc1ccc(I)cc1)N1CCCC1. The third kappa shape index (κ3) is 3.25. The Morgan fingerprint density at radius 1 is 1.22 bits per heavy atom. The average molecular weight is 358 g/mol. The van der Waals surface area contributed by atoms with Crippen LogP contribution in [-0.2, 0) is 6.42 Å². The minimum absolute atomic E-state index is 0.0967. The van der Waals surface area contributed by atoms with Crippen molar-refractivity contribution in [3.63, 3.8) is 0 Å². The fourth-order valence-electron chi connectivity index (χ4n) is 2.65. The van der Waals surface area contributed by atoms with Gasteiger partial charge in [-0.25, -0.2) is 0 Å². The second-order valence-corrected chi connectivity index (χ2v) is 7.03. The summed E-state index contributed by atoms with van der Waals surface area (Å²) in [5, 5.41) is 0. The van der Waals surface area contributed by atoms with Gasteiger partial charge in [-0.3, -0.25) is 4.90 Å². The van der Waals surface area contributed by atoms with Crippen LogP contribution in [0.1, 0.15) is 32.3 Å². The maximum atomic E-state index is 6.46. The molecular weight excluding hydrogens is 335 g/mol. The van der Waals surface area contributed by atoms with Gasteiger partial charge < -0.3 is 5.73 Å². The lowest BCUT2D eigenvalue weighted by atomic mass is 9.88. The van der Waals surface area contributed by atoms with Gasteiger partial charge in [0.25, 0.3) is 0 Å². The molecule has 2 N–H and O–H groups in total. The molecule has 0 spiro atoms. The third-order valence-corrected chi connectivity index (χ3v) is 4.92. The molecule has 1 saturated heterocycles. The van der Waals surface area contributed by atoms with Gasteiger partial charge in [0.2, 0.25) is 0 Å². The highest BCUT2D eigenvalue weighted by Crippen LogP contribution is 2.25. The third-order valence-electron chi connectivity index (χ3n) is 4.20. The van der Waals surface area contributed by atoms with Crippen molar-refractivity contribution in [2.75, 3.05) is 13.1 Å². The van der Waals surface area contributed by atoms with E-state index in [1.54, 1.807) is 0 Å². The Morgan fingerprint density at radius 3 is 2.33 bits per heavy atom. The van der Waals surface area contributed by atoms with Crippen molar-refractivity contribution >= 4 is 22.6 Å². The summed E-state index contributed by atoms with van der Waals surface area (Å²) < 4.78 is 1.28. The first-order valence-electron chi connectivity index (χ1n) is 6.75. The second-order valence-electron chi connectivity index (χ2n) is 5.78. The molecule has 1 aliphatic rings. The number of nitrogens with two attached hydrogens (primary N) is 1. The number of nitrogens with zero attached hydrogens (tertiary/aromatic N) is 1. The summed E-state index contributed by atoms with van der Waals surface area (Å²) in [5.41, 5.74) is 7.90. The summed E-state index contributed by atoms with van der Waals surface area (Å²) >= 11 is 2.34. The van der Waals surface area contributed by atoms with Crippen molar-refractivity contribution in [2.45, 2.75) is 44.7 Å². The van der Waals surface area contributed by atoms with Crippen molar-refractivity contribution in [2.24, 2.45) is 5.73 Å². The molecule has 2 nitrogen and oxygen atoms in total. The Labute approximate surface area is 124 Å². The van der Waals surface area contributed by atoms with Crippen LogP contribution in [0.15, 0.2) is 24.3 Å². The molecule has 0 saturated carbocycles. The van der Waals surface area contributed by atoms with Crippen molar-refractivity contribution in [3.8, 4) is 0 Å². The lowest BCUT2D eigenvalue weighted by Crippen LogP contribution is -2.55. The maximum absolute atomic E-state index is 6.46. The maximum Gasteiger partial charge on any atom is 0.0307 e. The van der Waals surface area contributed by atoms with E-state index in [0.717, 1.165) is 6.42 Å². The van der Waals surface area contributed by atoms with E-state index in [-0.39, 0.29) is 11.6 Å². The molecule has 0 amide bonds. The zero-order valence-electron chi connectivity index (χ0n) is 11.3. The molecular formula is C15H23IN2. The molecule has 0 radical (unpaired) electrons. The number of likely N-dealkylation sites (tertiary alicyclic amines) is 1. The molecule has 3 heteroatoms. The van der Waals surface area contributed by atoms with E-state index in [1.807, 2.05) is 0 Å². The van der Waals surface area contributed by atoms with Crippen LogP contribution in [0, 0.1) is 3.57 Å². The average Bonchev–Trinajstić information content (AvgIpc) is 2.86. The van der Waals surface area contributed by atoms with Gasteiger partial charge in [0, 0.05) is 15.2 Å². The summed E-state index contributed by atoms with van der Waals surface area (Å²) in [6.45, 7) is 6.98. The van der Waals surface area contributed by atoms with E-state index in [9.17, 15) is 0 Å². The zero-order valence-corrected chi connectivity index (χ0v) is 13.5. The lowest BCUT2D eigenvalue weighted by molar-refractivity contribution is 0.123. The van der Waals surface area contributed by atoms with Crippen molar-refractivity contribution in [1.82, 2.24) is 4.90 Å². The van der Waals surface area contributed by atoms with Gasteiger partial charge in [0.15, 0.2) is 0 Å². The predicted octanol–water partition coefficient (Wildman–Crippen LogP) is 3.04. The molecule has 1 unspecified atom stereocenters. The molecule has 0 bridgehead atoms. The first kappa shape index (κ1) is 14.3. The predicted molar refractivity (Wildman–Crippen MR) is 85.7 cm³/mol. The molecule has 2 rings (SSSR count). The molecule has 1 aromatic carbocycles. The van der Waals surface area contributed by atoms with E-state index in [4.69, 9.17) is 5.73 Å². The Kier molecular flexibility index (Phi) is 4.67. The highest BCUT2D eigenvalue weighted by molar-refractivity contribution is 14.1. The van der Waals surface area contributed by atoms with Gasteiger partial charge in [-0.05, 0) is 86.5 Å². The van der Waals surface area contributed by atoms with Gasteiger partial charge in [0.1, 0.15) is 0 Å². The largest absolute Gasteiger partial charge is 0.326 e. The standard InChI is InChI=1S/C15H23IN2/c1-15(2,18-9-3-4-10-18)14(17)11-12-5-7-13(16)8-6-12/h5-8,14H,3-4,9-11,17H2,1-2H3. The quantitative estimate of drug-likeness (QED) is 0.839. The summed E-state index contributed by atoms with van der Waals surface area (Å²) in [6, 6.07) is 8.90. The van der Waals surface area contributed by atoms with Gasteiger partial charge >= 0.3 is 0 Å². The number of rotatable bonds is 4. The molecule has 18 heavy (non-hydrogen) atoms. The Morgan fingerprint density at radius 2 is 1.78 bits per heavy atom. The Balaban J connectivity index is 2.01. The van der Waals surface area contributed by atoms with Gasteiger partial charge in [-0.15, -0.1) is 0 Å². The monoisotopic (exact) mass is 358 g/mol. The topological polar surface area (TPSA) is 29.3 Å². The van der Waals surface area contributed by atoms with Crippen molar-refractivity contribution in [3.05, 3.63) is 33.4 Å². The molecule has 0 aromatic heterocycles. The summed E-state index contributed by atoms with van der Waals surface area (Å²) in [5.74, 6) is 0. The van der Waals surface area contributed by atoms with Crippen LogP contribution in [0.4, 0.5) is 0 Å². The minimum atomic E-state index is 0.0967. The summed E-state index contributed by atoms with van der Waals surface area (Å²) in [4.78, 5) is 2.55. The van der Waals surface area contributed by atoms with Gasteiger partial charge in [-0.1, -0.05) is 12.1 Å². The molecule has 1 aromatic rings. The van der Waals surface area contributed by atoms with Crippen LogP contribution in [-0.4, -0.2) is 29.6 Å². The van der Waals surface area contributed by atoms with E-state index in [0.29, 0.717) is 0 Å². The molecule has 1 heterocycles. The van der Waals surface area contributed by atoms with Crippen LogP contribution in [0.25, 0.3) is 0 Å². The smallest absolute Gasteiger partial charge is 0.0307 e.